The van der Waals surface area contributed by atoms with Crippen LogP contribution in [0.5, 0.6) is 0 Å². The Kier molecular flexibility index (Phi) is 6.28. The molecule has 2 heterocycles. The van der Waals surface area contributed by atoms with Crippen molar-refractivity contribution in [3.05, 3.63) is 73.6 Å². The summed E-state index contributed by atoms with van der Waals surface area (Å²) in [4.78, 5) is 38.5. The Morgan fingerprint density at radius 3 is 2.62 bits per heavy atom. The molecule has 2 aromatic rings. The quantitative estimate of drug-likeness (QED) is 0.421. The number of nitro groups is 1. The second-order valence-electron chi connectivity index (χ2n) is 6.43. The minimum absolute atomic E-state index is 0.0631. The number of esters is 1. The molecule has 1 aliphatic rings. The third-order valence-corrected chi connectivity index (χ3v) is 5.63. The molecule has 1 N–H and O–H groups in total. The molecule has 29 heavy (non-hydrogen) atoms. The molecule has 0 bridgehead atoms. The van der Waals surface area contributed by atoms with Crippen LogP contribution in [0.1, 0.15) is 30.3 Å². The Bertz CT molecular complexity index is 938. The molecule has 0 saturated heterocycles. The maximum Gasteiger partial charge on any atom is 0.338 e. The summed E-state index contributed by atoms with van der Waals surface area (Å²) in [6, 6.07) is 8.67. The molecule has 0 aliphatic carbocycles. The molecular weight excluding hydrogens is 394 g/mol. The molecule has 9 heteroatoms. The van der Waals surface area contributed by atoms with E-state index in [1.165, 1.54) is 29.2 Å². The van der Waals surface area contributed by atoms with Crippen LogP contribution in [0.2, 0.25) is 0 Å². The van der Waals surface area contributed by atoms with Gasteiger partial charge < -0.3 is 10.1 Å². The molecule has 0 saturated carbocycles. The standard InChI is InChI=1S/C20H21N3O5S/c1-3-28-19(24)17-13(2)22(11-10-16-5-4-12-29-16)20(25)21-18(17)14-6-8-15(9-7-14)23(26)27/h4-9,12,18H,3,10-11H2,1-2H3,(H,21,25). The monoisotopic (exact) mass is 415 g/mol. The lowest BCUT2D eigenvalue weighted by Gasteiger charge is -2.35. The van der Waals surface area contributed by atoms with Gasteiger partial charge in [-0.15, -0.1) is 11.3 Å². The average Bonchev–Trinajstić information content (AvgIpc) is 3.21. The van der Waals surface area contributed by atoms with Crippen LogP contribution in [0.25, 0.3) is 0 Å². The molecule has 1 atom stereocenters. The summed E-state index contributed by atoms with van der Waals surface area (Å²) in [5, 5.41) is 15.7. The lowest BCUT2D eigenvalue weighted by atomic mass is 9.94. The molecule has 8 nitrogen and oxygen atoms in total. The summed E-state index contributed by atoms with van der Waals surface area (Å²) >= 11 is 1.61. The number of carbonyl (C=O) groups excluding carboxylic acids is 2. The minimum atomic E-state index is -0.736. The zero-order chi connectivity index (χ0) is 21.0. The van der Waals surface area contributed by atoms with Crippen molar-refractivity contribution in [1.29, 1.82) is 0 Å². The van der Waals surface area contributed by atoms with E-state index in [2.05, 4.69) is 5.32 Å². The van der Waals surface area contributed by atoms with E-state index < -0.39 is 16.9 Å². The van der Waals surface area contributed by atoms with Gasteiger partial charge in [-0.25, -0.2) is 9.59 Å². The third kappa shape index (κ3) is 4.45. The molecule has 1 aromatic heterocycles. The van der Waals surface area contributed by atoms with Crippen molar-refractivity contribution in [3.63, 3.8) is 0 Å². The van der Waals surface area contributed by atoms with Crippen LogP contribution in [0.15, 0.2) is 53.0 Å². The first-order valence-electron chi connectivity index (χ1n) is 9.15. The van der Waals surface area contributed by atoms with E-state index in [0.717, 1.165) is 4.88 Å². The first-order chi connectivity index (χ1) is 13.9. The Morgan fingerprint density at radius 2 is 2.03 bits per heavy atom. The van der Waals surface area contributed by atoms with Crippen molar-refractivity contribution < 1.29 is 19.2 Å². The highest BCUT2D eigenvalue weighted by Gasteiger charge is 2.36. The van der Waals surface area contributed by atoms with Gasteiger partial charge in [0.1, 0.15) is 0 Å². The molecule has 3 rings (SSSR count). The average molecular weight is 415 g/mol. The second kappa shape index (κ2) is 8.87. The highest BCUT2D eigenvalue weighted by Crippen LogP contribution is 2.32. The number of nitro benzene ring substituents is 1. The van der Waals surface area contributed by atoms with Gasteiger partial charge in [-0.05, 0) is 49.4 Å². The number of thiophene rings is 1. The van der Waals surface area contributed by atoms with Gasteiger partial charge in [-0.3, -0.25) is 15.0 Å². The number of nitrogens with zero attached hydrogens (tertiary/aromatic N) is 2. The SMILES string of the molecule is CCOC(=O)C1=C(C)N(CCc2cccs2)C(=O)NC1c1ccc([N+](=O)[O-])cc1. The fourth-order valence-corrected chi connectivity index (χ4v) is 3.94. The van der Waals surface area contributed by atoms with Crippen molar-refractivity contribution in [2.24, 2.45) is 0 Å². The smallest absolute Gasteiger partial charge is 0.338 e. The molecule has 152 valence electrons. The van der Waals surface area contributed by atoms with E-state index >= 15 is 0 Å². The van der Waals surface area contributed by atoms with Gasteiger partial charge in [-0.1, -0.05) is 6.07 Å². The minimum Gasteiger partial charge on any atom is -0.463 e. The number of allylic oxidation sites excluding steroid dienone is 1. The third-order valence-electron chi connectivity index (χ3n) is 4.69. The number of benzene rings is 1. The number of ether oxygens (including phenoxy) is 1. The first-order valence-corrected chi connectivity index (χ1v) is 10.0. The van der Waals surface area contributed by atoms with Gasteiger partial charge >= 0.3 is 12.0 Å². The zero-order valence-electron chi connectivity index (χ0n) is 16.1. The zero-order valence-corrected chi connectivity index (χ0v) is 16.9. The summed E-state index contributed by atoms with van der Waals surface area (Å²) in [5.41, 5.74) is 1.36. The maximum atomic E-state index is 12.8. The number of hydrogen-bond donors (Lipinski definition) is 1. The maximum absolute atomic E-state index is 12.8. The van der Waals surface area contributed by atoms with Gasteiger partial charge in [-0.2, -0.15) is 0 Å². The van der Waals surface area contributed by atoms with Gasteiger partial charge in [0.2, 0.25) is 0 Å². The summed E-state index contributed by atoms with van der Waals surface area (Å²) in [6.45, 7) is 4.06. The molecule has 0 spiro atoms. The Balaban J connectivity index is 1.94. The fraction of sp³-hybridized carbons (Fsp3) is 0.300. The van der Waals surface area contributed by atoms with Gasteiger partial charge in [0, 0.05) is 29.3 Å². The highest BCUT2D eigenvalue weighted by molar-refractivity contribution is 7.09. The molecule has 0 radical (unpaired) electrons. The van der Waals surface area contributed by atoms with Crippen molar-refractivity contribution in [2.75, 3.05) is 13.2 Å². The van der Waals surface area contributed by atoms with E-state index in [0.29, 0.717) is 29.8 Å². The second-order valence-corrected chi connectivity index (χ2v) is 7.46. The van der Waals surface area contributed by atoms with Crippen molar-refractivity contribution in [3.8, 4) is 0 Å². The van der Waals surface area contributed by atoms with Crippen molar-refractivity contribution in [2.45, 2.75) is 26.3 Å². The lowest BCUT2D eigenvalue weighted by Crippen LogP contribution is -2.48. The number of carbonyl (C=O) groups is 2. The number of non-ortho nitro benzene ring substituents is 1. The van der Waals surface area contributed by atoms with Crippen LogP contribution in [-0.4, -0.2) is 35.0 Å². The van der Waals surface area contributed by atoms with E-state index in [1.54, 1.807) is 25.2 Å². The van der Waals surface area contributed by atoms with Crippen LogP contribution in [-0.2, 0) is 16.0 Å². The molecule has 1 aromatic carbocycles. The Hall–Kier alpha value is -3.20. The van der Waals surface area contributed by atoms with Gasteiger partial charge in [0.05, 0.1) is 23.1 Å². The van der Waals surface area contributed by atoms with Crippen molar-refractivity contribution >= 4 is 29.0 Å². The molecular formula is C20H21N3O5S. The van der Waals surface area contributed by atoms with Gasteiger partial charge in [0.15, 0.2) is 0 Å². The first kappa shape index (κ1) is 20.5. The highest BCUT2D eigenvalue weighted by atomic mass is 32.1. The molecule has 0 fully saturated rings. The number of nitrogens with one attached hydrogen (secondary N) is 1. The summed E-state index contributed by atoms with van der Waals surface area (Å²) < 4.78 is 5.22. The van der Waals surface area contributed by atoms with Gasteiger partial charge in [0.25, 0.3) is 5.69 Å². The van der Waals surface area contributed by atoms with Crippen LogP contribution in [0, 0.1) is 10.1 Å². The Morgan fingerprint density at radius 1 is 1.31 bits per heavy atom. The Labute approximate surface area is 171 Å². The lowest BCUT2D eigenvalue weighted by molar-refractivity contribution is -0.384. The molecule has 1 unspecified atom stereocenters. The van der Waals surface area contributed by atoms with E-state index in [-0.39, 0.29) is 18.3 Å². The number of hydrogen-bond acceptors (Lipinski definition) is 6. The number of urea groups is 1. The van der Waals surface area contributed by atoms with E-state index in [9.17, 15) is 19.7 Å². The topological polar surface area (TPSA) is 102 Å². The van der Waals surface area contributed by atoms with E-state index in [1.807, 2.05) is 17.5 Å². The summed E-state index contributed by atoms with van der Waals surface area (Å²) in [5.74, 6) is -0.519. The molecule has 1 aliphatic heterocycles. The van der Waals surface area contributed by atoms with Crippen LogP contribution in [0.3, 0.4) is 0 Å². The van der Waals surface area contributed by atoms with Crippen molar-refractivity contribution in [1.82, 2.24) is 10.2 Å². The molecule has 2 amide bonds. The summed E-state index contributed by atoms with van der Waals surface area (Å²) in [7, 11) is 0. The largest absolute Gasteiger partial charge is 0.463 e. The predicted octanol–water partition coefficient (Wildman–Crippen LogP) is 3.80. The van der Waals surface area contributed by atoms with Crippen LogP contribution >= 0.6 is 11.3 Å². The van der Waals surface area contributed by atoms with Crippen LogP contribution < -0.4 is 5.32 Å². The fourth-order valence-electron chi connectivity index (χ4n) is 3.24. The normalized spacial score (nSPS) is 16.6. The van der Waals surface area contributed by atoms with E-state index in [4.69, 9.17) is 4.74 Å². The number of amides is 2. The summed E-state index contributed by atoms with van der Waals surface area (Å²) in [6.07, 6.45) is 0.667. The predicted molar refractivity (Wildman–Crippen MR) is 108 cm³/mol. The van der Waals surface area contributed by atoms with Crippen LogP contribution in [0.4, 0.5) is 10.5 Å². The number of rotatable bonds is 7.